The lowest BCUT2D eigenvalue weighted by molar-refractivity contribution is 0.396. The average Bonchev–Trinajstić information content (AvgIpc) is 2.31. The number of aromatic hydroxyl groups is 1. The van der Waals surface area contributed by atoms with Gasteiger partial charge >= 0.3 is 0 Å². The zero-order valence-electron chi connectivity index (χ0n) is 10.6. The molecule has 20 heavy (non-hydrogen) atoms. The van der Waals surface area contributed by atoms with E-state index in [9.17, 15) is 18.7 Å². The standard InChI is InChI=1S/C15H13F2NO2/c16-11-5-2-6-12(15(11)17)18-13(9-3-1-4-9)7-10(19)8-14(18)20/h2,5-9,19H,1,3-4H2. The molecule has 0 amide bonds. The van der Waals surface area contributed by atoms with Crippen LogP contribution >= 0.6 is 0 Å². The fourth-order valence-electron chi connectivity index (χ4n) is 2.50. The molecule has 3 nitrogen and oxygen atoms in total. The minimum absolute atomic E-state index is 0.0949. The summed E-state index contributed by atoms with van der Waals surface area (Å²) < 4.78 is 28.5. The number of halogens is 2. The third-order valence-corrected chi connectivity index (χ3v) is 3.74. The molecule has 1 N–H and O–H groups in total. The average molecular weight is 277 g/mol. The molecule has 1 aromatic heterocycles. The van der Waals surface area contributed by atoms with Crippen LogP contribution in [0.4, 0.5) is 8.78 Å². The minimum Gasteiger partial charge on any atom is -0.508 e. The number of aromatic nitrogens is 1. The molecule has 0 saturated heterocycles. The fraction of sp³-hybridized carbons (Fsp3) is 0.267. The van der Waals surface area contributed by atoms with Crippen molar-refractivity contribution in [2.75, 3.05) is 0 Å². The summed E-state index contributed by atoms with van der Waals surface area (Å²) in [7, 11) is 0. The zero-order chi connectivity index (χ0) is 14.3. The van der Waals surface area contributed by atoms with E-state index >= 15 is 0 Å². The topological polar surface area (TPSA) is 42.2 Å². The van der Waals surface area contributed by atoms with Crippen LogP contribution in [-0.4, -0.2) is 9.67 Å². The lowest BCUT2D eigenvalue weighted by Gasteiger charge is -2.28. The number of pyridine rings is 1. The Bertz CT molecular complexity index is 720. The van der Waals surface area contributed by atoms with Crippen molar-refractivity contribution >= 4 is 0 Å². The molecule has 1 heterocycles. The van der Waals surface area contributed by atoms with Gasteiger partial charge in [-0.25, -0.2) is 8.78 Å². The van der Waals surface area contributed by atoms with E-state index in [0.717, 1.165) is 36.0 Å². The molecule has 0 aliphatic heterocycles. The molecule has 104 valence electrons. The zero-order valence-corrected chi connectivity index (χ0v) is 10.6. The lowest BCUT2D eigenvalue weighted by atomic mass is 9.82. The van der Waals surface area contributed by atoms with Gasteiger partial charge in [0, 0.05) is 17.8 Å². The Morgan fingerprint density at radius 3 is 2.60 bits per heavy atom. The van der Waals surface area contributed by atoms with E-state index in [1.165, 1.54) is 18.2 Å². The Balaban J connectivity index is 2.27. The van der Waals surface area contributed by atoms with Crippen LogP contribution in [0.5, 0.6) is 5.75 Å². The predicted octanol–water partition coefficient (Wildman–Crippen LogP) is 3.09. The summed E-state index contributed by atoms with van der Waals surface area (Å²) in [6.07, 6.45) is 2.78. The predicted molar refractivity (Wildman–Crippen MR) is 70.2 cm³/mol. The monoisotopic (exact) mass is 277 g/mol. The van der Waals surface area contributed by atoms with Crippen molar-refractivity contribution in [1.29, 1.82) is 0 Å². The van der Waals surface area contributed by atoms with Gasteiger partial charge in [0.05, 0.1) is 5.69 Å². The molecule has 1 fully saturated rings. The van der Waals surface area contributed by atoms with Crippen molar-refractivity contribution in [1.82, 2.24) is 4.57 Å². The smallest absolute Gasteiger partial charge is 0.259 e. The molecule has 2 aromatic rings. The number of hydrogen-bond donors (Lipinski definition) is 1. The normalized spacial score (nSPS) is 15.1. The summed E-state index contributed by atoms with van der Waals surface area (Å²) >= 11 is 0. The van der Waals surface area contributed by atoms with E-state index in [1.54, 1.807) is 0 Å². The Morgan fingerprint density at radius 2 is 1.95 bits per heavy atom. The van der Waals surface area contributed by atoms with E-state index in [2.05, 4.69) is 0 Å². The molecular formula is C15H13F2NO2. The molecule has 5 heteroatoms. The first-order valence-corrected chi connectivity index (χ1v) is 6.48. The van der Waals surface area contributed by atoms with Gasteiger partial charge in [0.25, 0.3) is 5.56 Å². The summed E-state index contributed by atoms with van der Waals surface area (Å²) in [6, 6.07) is 6.19. The first kappa shape index (κ1) is 12.8. The fourth-order valence-corrected chi connectivity index (χ4v) is 2.50. The molecule has 0 bridgehead atoms. The van der Waals surface area contributed by atoms with Crippen molar-refractivity contribution in [3.63, 3.8) is 0 Å². The summed E-state index contributed by atoms with van der Waals surface area (Å²) in [5, 5.41) is 9.58. The van der Waals surface area contributed by atoms with Crippen LogP contribution in [-0.2, 0) is 0 Å². The van der Waals surface area contributed by atoms with Crippen LogP contribution in [0.3, 0.4) is 0 Å². The highest BCUT2D eigenvalue weighted by atomic mass is 19.2. The molecule has 1 aliphatic rings. The van der Waals surface area contributed by atoms with Gasteiger partial charge in [-0.2, -0.15) is 0 Å². The quantitative estimate of drug-likeness (QED) is 0.916. The highest BCUT2D eigenvalue weighted by molar-refractivity contribution is 5.40. The molecular weight excluding hydrogens is 264 g/mol. The van der Waals surface area contributed by atoms with Crippen LogP contribution in [0, 0.1) is 11.6 Å². The maximum atomic E-state index is 13.9. The molecule has 1 aromatic carbocycles. The highest BCUT2D eigenvalue weighted by Gasteiger charge is 2.25. The van der Waals surface area contributed by atoms with Gasteiger partial charge in [0.1, 0.15) is 5.75 Å². The van der Waals surface area contributed by atoms with Crippen LogP contribution < -0.4 is 5.56 Å². The third-order valence-electron chi connectivity index (χ3n) is 3.74. The maximum absolute atomic E-state index is 13.9. The second kappa shape index (κ2) is 4.74. The summed E-state index contributed by atoms with van der Waals surface area (Å²) in [5.74, 6) is -2.11. The first-order chi connectivity index (χ1) is 9.58. The van der Waals surface area contributed by atoms with E-state index in [0.29, 0.717) is 5.69 Å². The van der Waals surface area contributed by atoms with Crippen LogP contribution in [0.2, 0.25) is 0 Å². The Labute approximate surface area is 114 Å². The first-order valence-electron chi connectivity index (χ1n) is 6.48. The Kier molecular flexibility index (Phi) is 3.04. The largest absolute Gasteiger partial charge is 0.508 e. The molecule has 0 radical (unpaired) electrons. The lowest BCUT2D eigenvalue weighted by Crippen LogP contribution is -2.26. The summed E-state index contributed by atoms with van der Waals surface area (Å²) in [6.45, 7) is 0. The highest BCUT2D eigenvalue weighted by Crippen LogP contribution is 2.37. The van der Waals surface area contributed by atoms with E-state index in [-0.39, 0.29) is 17.4 Å². The number of hydrogen-bond acceptors (Lipinski definition) is 2. The number of benzene rings is 1. The van der Waals surface area contributed by atoms with Crippen LogP contribution in [0.15, 0.2) is 35.1 Å². The van der Waals surface area contributed by atoms with Crippen molar-refractivity contribution < 1.29 is 13.9 Å². The van der Waals surface area contributed by atoms with E-state index in [1.807, 2.05) is 0 Å². The van der Waals surface area contributed by atoms with Gasteiger partial charge < -0.3 is 5.11 Å². The van der Waals surface area contributed by atoms with Crippen molar-refractivity contribution in [2.24, 2.45) is 0 Å². The molecule has 0 unspecified atom stereocenters. The third kappa shape index (κ3) is 1.99. The van der Waals surface area contributed by atoms with Gasteiger partial charge in [0.15, 0.2) is 11.6 Å². The van der Waals surface area contributed by atoms with Gasteiger partial charge in [-0.1, -0.05) is 12.5 Å². The molecule has 3 rings (SSSR count). The Hall–Kier alpha value is -2.17. The van der Waals surface area contributed by atoms with E-state index < -0.39 is 17.2 Å². The maximum Gasteiger partial charge on any atom is 0.259 e. The molecule has 1 saturated carbocycles. The van der Waals surface area contributed by atoms with Gasteiger partial charge in [-0.05, 0) is 30.9 Å². The summed E-state index contributed by atoms with van der Waals surface area (Å²) in [4.78, 5) is 12.1. The molecule has 1 aliphatic carbocycles. The van der Waals surface area contributed by atoms with Gasteiger partial charge in [-0.15, -0.1) is 0 Å². The summed E-state index contributed by atoms with van der Waals surface area (Å²) in [5.41, 5.74) is -0.140. The van der Waals surface area contributed by atoms with Crippen molar-refractivity contribution in [3.05, 3.63) is 58.0 Å². The Morgan fingerprint density at radius 1 is 1.20 bits per heavy atom. The van der Waals surface area contributed by atoms with Crippen molar-refractivity contribution in [2.45, 2.75) is 25.2 Å². The molecule has 0 spiro atoms. The number of rotatable bonds is 2. The minimum atomic E-state index is -1.05. The SMILES string of the molecule is O=c1cc(O)cc(C2CCC2)n1-c1cccc(F)c1F. The van der Waals surface area contributed by atoms with Crippen LogP contribution in [0.25, 0.3) is 5.69 Å². The number of nitrogens with zero attached hydrogens (tertiary/aromatic N) is 1. The van der Waals surface area contributed by atoms with Gasteiger partial charge in [-0.3, -0.25) is 9.36 Å². The second-order valence-corrected chi connectivity index (χ2v) is 5.01. The molecule has 0 atom stereocenters. The van der Waals surface area contributed by atoms with Gasteiger partial charge in [0.2, 0.25) is 0 Å². The van der Waals surface area contributed by atoms with E-state index in [4.69, 9.17) is 0 Å². The second-order valence-electron chi connectivity index (χ2n) is 5.01. The van der Waals surface area contributed by atoms with Crippen molar-refractivity contribution in [3.8, 4) is 11.4 Å². The van der Waals surface area contributed by atoms with Crippen LogP contribution in [0.1, 0.15) is 30.9 Å².